The Hall–Kier alpha value is -3.72. The lowest BCUT2D eigenvalue weighted by Gasteiger charge is -2.27. The van der Waals surface area contributed by atoms with Crippen LogP contribution in [0, 0.1) is 6.92 Å². The zero-order valence-corrected chi connectivity index (χ0v) is 24.0. The van der Waals surface area contributed by atoms with E-state index >= 15 is 0 Å². The molecule has 1 aliphatic heterocycles. The number of hydrogen-bond acceptors (Lipinski definition) is 7. The van der Waals surface area contributed by atoms with E-state index in [-0.39, 0.29) is 17.9 Å². The first-order valence-electron chi connectivity index (χ1n) is 14.2. The van der Waals surface area contributed by atoms with Gasteiger partial charge in [-0.3, -0.25) is 14.5 Å². The summed E-state index contributed by atoms with van der Waals surface area (Å²) in [4.78, 5) is 31.9. The van der Waals surface area contributed by atoms with Gasteiger partial charge in [-0.2, -0.15) is 4.98 Å². The van der Waals surface area contributed by atoms with Gasteiger partial charge in [0.2, 0.25) is 23.5 Å². The highest BCUT2D eigenvalue weighted by molar-refractivity contribution is 5.78. The Morgan fingerprint density at radius 3 is 2.73 bits per heavy atom. The van der Waals surface area contributed by atoms with Crippen molar-refractivity contribution in [1.29, 1.82) is 0 Å². The Balaban J connectivity index is 1.39. The molecule has 1 aromatic heterocycles. The minimum absolute atomic E-state index is 0.0460. The minimum Gasteiger partial charge on any atom is -0.493 e. The van der Waals surface area contributed by atoms with Crippen LogP contribution in [0.4, 0.5) is 0 Å². The van der Waals surface area contributed by atoms with Crippen molar-refractivity contribution in [2.45, 2.75) is 78.4 Å². The van der Waals surface area contributed by atoms with Crippen LogP contribution in [0.3, 0.4) is 0 Å². The zero-order chi connectivity index (χ0) is 28.5. The second-order valence-electron chi connectivity index (χ2n) is 10.8. The summed E-state index contributed by atoms with van der Waals surface area (Å²) in [5.41, 5.74) is 4.04. The predicted octanol–water partition coefficient (Wildman–Crippen LogP) is 4.74. The fourth-order valence-corrected chi connectivity index (χ4v) is 4.72. The van der Waals surface area contributed by atoms with Crippen molar-refractivity contribution in [2.24, 2.45) is 0 Å². The van der Waals surface area contributed by atoms with Gasteiger partial charge >= 0.3 is 0 Å². The number of nitrogens with zero attached hydrogens (tertiary/aromatic N) is 3. The van der Waals surface area contributed by atoms with Crippen molar-refractivity contribution in [3.8, 4) is 17.1 Å². The topological polar surface area (TPSA) is 110 Å². The summed E-state index contributed by atoms with van der Waals surface area (Å²) in [6, 6.07) is 13.7. The van der Waals surface area contributed by atoms with Gasteiger partial charge in [-0.1, -0.05) is 41.6 Å². The van der Waals surface area contributed by atoms with E-state index in [1.165, 1.54) is 0 Å². The summed E-state index contributed by atoms with van der Waals surface area (Å²) < 4.78 is 11.6. The Morgan fingerprint density at radius 2 is 1.93 bits per heavy atom. The number of fused-ring (bicyclic) bond motifs is 1. The van der Waals surface area contributed by atoms with Gasteiger partial charge in [0.25, 0.3) is 0 Å². The molecule has 2 aromatic carbocycles. The molecule has 40 heavy (non-hydrogen) atoms. The number of aromatic nitrogens is 2. The van der Waals surface area contributed by atoms with E-state index in [1.54, 1.807) is 0 Å². The molecule has 4 rings (SSSR count). The number of carbonyl (C=O) groups excluding carboxylic acids is 2. The summed E-state index contributed by atoms with van der Waals surface area (Å²) in [5.74, 6) is 1.68. The number of benzene rings is 2. The molecule has 2 heterocycles. The van der Waals surface area contributed by atoms with Gasteiger partial charge in [0.15, 0.2) is 0 Å². The molecule has 0 bridgehead atoms. The highest BCUT2D eigenvalue weighted by atomic mass is 16.5. The minimum atomic E-state index is -0.405. The number of aryl methyl sites for hydroxylation is 2. The Labute approximate surface area is 236 Å². The number of amides is 2. The first-order valence-corrected chi connectivity index (χ1v) is 14.2. The number of ether oxygens (including phenoxy) is 1. The molecule has 2 amide bonds. The molecule has 0 radical (unpaired) electrons. The van der Waals surface area contributed by atoms with Crippen molar-refractivity contribution >= 4 is 11.8 Å². The summed E-state index contributed by atoms with van der Waals surface area (Å²) in [6.07, 6.45) is 3.79. The van der Waals surface area contributed by atoms with E-state index in [9.17, 15) is 9.59 Å². The highest BCUT2D eigenvalue weighted by Gasteiger charge is 2.20. The number of rotatable bonds is 7. The molecule has 1 unspecified atom stereocenters. The smallest absolute Gasteiger partial charge is 0.249 e. The van der Waals surface area contributed by atoms with Crippen LogP contribution in [-0.4, -0.2) is 52.6 Å². The van der Waals surface area contributed by atoms with E-state index < -0.39 is 6.04 Å². The molecule has 0 saturated heterocycles. The normalized spacial score (nSPS) is 16.1. The first-order chi connectivity index (χ1) is 19.3. The molecule has 0 aliphatic carbocycles. The zero-order valence-electron chi connectivity index (χ0n) is 24.0. The Morgan fingerprint density at radius 1 is 1.10 bits per heavy atom. The molecule has 3 aromatic rings. The average Bonchev–Trinajstić information content (AvgIpc) is 3.42. The number of nitrogens with one attached hydrogen (secondary N) is 2. The van der Waals surface area contributed by atoms with Crippen molar-refractivity contribution in [2.75, 3.05) is 19.7 Å². The van der Waals surface area contributed by atoms with Crippen LogP contribution in [0.2, 0.25) is 0 Å². The molecule has 1 atom stereocenters. The van der Waals surface area contributed by atoms with Gasteiger partial charge in [-0.15, -0.1) is 0 Å². The van der Waals surface area contributed by atoms with E-state index in [4.69, 9.17) is 9.26 Å². The van der Waals surface area contributed by atoms with Crippen LogP contribution >= 0.6 is 0 Å². The largest absolute Gasteiger partial charge is 0.493 e. The first kappa shape index (κ1) is 29.3. The Kier molecular flexibility index (Phi) is 10.3. The third-order valence-electron chi connectivity index (χ3n) is 7.19. The number of carbonyl (C=O) groups is 2. The maximum absolute atomic E-state index is 12.8. The maximum atomic E-state index is 12.8. The van der Waals surface area contributed by atoms with Gasteiger partial charge in [-0.25, -0.2) is 0 Å². The molecule has 9 nitrogen and oxygen atoms in total. The molecule has 0 saturated carbocycles. The predicted molar refractivity (Wildman–Crippen MR) is 154 cm³/mol. The SMILES string of the molecule is Cc1ccccc1-c1noc(C(C)NC(=O)CCc2ccc3c(c2)CN(C(C)C)CC(=O)NCCCCCO3)n1. The molecule has 214 valence electrons. The van der Waals surface area contributed by atoms with Gasteiger partial charge in [-0.05, 0) is 70.6 Å². The molecule has 1 aliphatic rings. The van der Waals surface area contributed by atoms with Gasteiger partial charge in [0, 0.05) is 36.7 Å². The average molecular weight is 548 g/mol. The van der Waals surface area contributed by atoms with E-state index in [0.717, 1.165) is 47.3 Å². The van der Waals surface area contributed by atoms with Crippen LogP contribution in [0.1, 0.15) is 75.1 Å². The second kappa shape index (κ2) is 14.1. The molecule has 2 N–H and O–H groups in total. The van der Waals surface area contributed by atoms with Crippen LogP contribution in [0.25, 0.3) is 11.4 Å². The molecular formula is C31H41N5O4. The molecular weight excluding hydrogens is 506 g/mol. The third kappa shape index (κ3) is 8.14. The lowest BCUT2D eigenvalue weighted by Crippen LogP contribution is -2.40. The van der Waals surface area contributed by atoms with Crippen LogP contribution in [-0.2, 0) is 22.6 Å². The summed E-state index contributed by atoms with van der Waals surface area (Å²) >= 11 is 0. The maximum Gasteiger partial charge on any atom is 0.249 e. The number of hydrogen-bond donors (Lipinski definition) is 2. The van der Waals surface area contributed by atoms with E-state index in [2.05, 4.69) is 45.6 Å². The van der Waals surface area contributed by atoms with Crippen LogP contribution in [0.5, 0.6) is 5.75 Å². The van der Waals surface area contributed by atoms with Crippen molar-refractivity contribution in [3.05, 3.63) is 65.0 Å². The standard InChI is InChI=1S/C31H41N5O4/c1-21(2)36-19-25-18-24(12-14-27(25)39-17-9-5-8-16-32-29(38)20-36)13-15-28(37)33-23(4)31-34-30(35-40-31)26-11-7-6-10-22(26)3/h6-7,10-12,14,18,21,23H,5,8-9,13,15-17,19-20H2,1-4H3,(H,32,38)(H,33,37). The van der Waals surface area contributed by atoms with E-state index in [1.807, 2.05) is 50.2 Å². The molecule has 0 fully saturated rings. The van der Waals surface area contributed by atoms with Gasteiger partial charge in [0.1, 0.15) is 11.8 Å². The van der Waals surface area contributed by atoms with Crippen LogP contribution < -0.4 is 15.4 Å². The van der Waals surface area contributed by atoms with Crippen molar-refractivity contribution < 1.29 is 18.8 Å². The summed E-state index contributed by atoms with van der Waals surface area (Å²) in [6.45, 7) is 10.3. The Bertz CT molecular complexity index is 1290. The van der Waals surface area contributed by atoms with Crippen molar-refractivity contribution in [3.63, 3.8) is 0 Å². The fourth-order valence-electron chi connectivity index (χ4n) is 4.72. The van der Waals surface area contributed by atoms with Gasteiger partial charge < -0.3 is 19.9 Å². The summed E-state index contributed by atoms with van der Waals surface area (Å²) in [7, 11) is 0. The molecule has 9 heteroatoms. The molecule has 0 spiro atoms. The highest BCUT2D eigenvalue weighted by Crippen LogP contribution is 2.25. The summed E-state index contributed by atoms with van der Waals surface area (Å²) in [5, 5.41) is 10.1. The van der Waals surface area contributed by atoms with E-state index in [0.29, 0.717) is 50.8 Å². The fraction of sp³-hybridized carbons (Fsp3) is 0.484. The lowest BCUT2D eigenvalue weighted by atomic mass is 10.0. The second-order valence-corrected chi connectivity index (χ2v) is 10.8. The monoisotopic (exact) mass is 547 g/mol. The van der Waals surface area contributed by atoms with Crippen LogP contribution in [0.15, 0.2) is 47.0 Å². The van der Waals surface area contributed by atoms with Crippen molar-refractivity contribution in [1.82, 2.24) is 25.7 Å². The van der Waals surface area contributed by atoms with Gasteiger partial charge in [0.05, 0.1) is 13.2 Å². The lowest BCUT2D eigenvalue weighted by molar-refractivity contribution is -0.123. The third-order valence-corrected chi connectivity index (χ3v) is 7.19. The quantitative estimate of drug-likeness (QED) is 0.440.